The number of carbonyl (C=O) groups is 3. The summed E-state index contributed by atoms with van der Waals surface area (Å²) in [6, 6.07) is 0. The fourth-order valence-electron chi connectivity index (χ4n) is 7.29. The van der Waals surface area contributed by atoms with Gasteiger partial charge in [-0.2, -0.15) is 0 Å². The highest BCUT2D eigenvalue weighted by Gasteiger charge is 2.19. The maximum Gasteiger partial charge on any atom is 0.306 e. The lowest BCUT2D eigenvalue weighted by Gasteiger charge is -2.18. The van der Waals surface area contributed by atoms with E-state index in [1.807, 2.05) is 0 Å². The van der Waals surface area contributed by atoms with E-state index in [4.69, 9.17) is 14.2 Å². The summed E-state index contributed by atoms with van der Waals surface area (Å²) >= 11 is 0. The Morgan fingerprint density at radius 3 is 1.10 bits per heavy atom. The van der Waals surface area contributed by atoms with Crippen molar-refractivity contribution in [1.29, 1.82) is 0 Å². The van der Waals surface area contributed by atoms with Gasteiger partial charge in [-0.15, -0.1) is 0 Å². The van der Waals surface area contributed by atoms with Crippen LogP contribution in [0.1, 0.15) is 258 Å². The van der Waals surface area contributed by atoms with Gasteiger partial charge in [-0.3, -0.25) is 14.4 Å². The molecular formula is C56H98O6. The van der Waals surface area contributed by atoms with Gasteiger partial charge in [0.25, 0.3) is 0 Å². The number of esters is 3. The molecule has 0 aromatic heterocycles. The van der Waals surface area contributed by atoms with Crippen LogP contribution in [0.15, 0.2) is 60.8 Å². The molecule has 6 heteroatoms. The summed E-state index contributed by atoms with van der Waals surface area (Å²) in [6.07, 6.45) is 62.1. The maximum atomic E-state index is 12.8. The zero-order valence-corrected chi connectivity index (χ0v) is 40.9. The van der Waals surface area contributed by atoms with Crippen molar-refractivity contribution in [3.8, 4) is 0 Å². The van der Waals surface area contributed by atoms with Crippen LogP contribution in [0.4, 0.5) is 0 Å². The zero-order chi connectivity index (χ0) is 45.1. The van der Waals surface area contributed by atoms with Gasteiger partial charge in [0, 0.05) is 19.3 Å². The molecule has 0 aliphatic carbocycles. The summed E-state index contributed by atoms with van der Waals surface area (Å²) in [5, 5.41) is 0. The average molecular weight is 867 g/mol. The Labute approximate surface area is 383 Å². The number of unbranched alkanes of at least 4 members (excludes halogenated alkanes) is 27. The lowest BCUT2D eigenvalue weighted by Crippen LogP contribution is -2.30. The Morgan fingerprint density at radius 2 is 0.677 bits per heavy atom. The Kier molecular flexibility index (Phi) is 48.4. The van der Waals surface area contributed by atoms with E-state index >= 15 is 0 Å². The van der Waals surface area contributed by atoms with E-state index in [-0.39, 0.29) is 31.1 Å². The lowest BCUT2D eigenvalue weighted by atomic mass is 10.1. The van der Waals surface area contributed by atoms with E-state index in [1.165, 1.54) is 96.3 Å². The van der Waals surface area contributed by atoms with E-state index in [0.717, 1.165) is 122 Å². The van der Waals surface area contributed by atoms with Gasteiger partial charge < -0.3 is 14.2 Å². The first-order valence-electron chi connectivity index (χ1n) is 26.3. The first-order valence-corrected chi connectivity index (χ1v) is 26.3. The van der Waals surface area contributed by atoms with Crippen molar-refractivity contribution in [3.05, 3.63) is 60.8 Å². The second-order valence-corrected chi connectivity index (χ2v) is 17.4. The van der Waals surface area contributed by atoms with E-state index in [9.17, 15) is 14.4 Å². The van der Waals surface area contributed by atoms with Gasteiger partial charge in [0.2, 0.25) is 0 Å². The number of hydrogen-bond donors (Lipinski definition) is 0. The van der Waals surface area contributed by atoms with Crippen molar-refractivity contribution < 1.29 is 28.6 Å². The van der Waals surface area contributed by atoms with Gasteiger partial charge in [-0.05, 0) is 96.3 Å². The molecule has 0 amide bonds. The minimum Gasteiger partial charge on any atom is -0.462 e. The minimum atomic E-state index is -0.793. The predicted molar refractivity (Wildman–Crippen MR) is 265 cm³/mol. The number of rotatable bonds is 47. The standard InChI is InChI=1S/C56H98O6/c1-4-7-10-13-16-19-22-25-27-28-29-30-32-34-37-40-43-46-49-55(58)61-52-53(51-60-54(57)48-45-42-39-36-33-24-21-18-15-12-9-6-3)62-56(59)50-47-44-41-38-35-31-26-23-20-17-14-11-8-5-2/h9,12,18,21,27-31,35,53H,4-8,10-11,13-17,19-20,22-26,32-34,36-52H2,1-3H3/b12-9-,21-18-,28-27-,30-29-,35-31-. The second-order valence-electron chi connectivity index (χ2n) is 17.4. The number of allylic oxidation sites excluding steroid dienone is 10. The Balaban J connectivity index is 4.41. The van der Waals surface area contributed by atoms with Crippen LogP contribution < -0.4 is 0 Å². The van der Waals surface area contributed by atoms with Crippen LogP contribution in [0.5, 0.6) is 0 Å². The molecule has 0 aliphatic heterocycles. The molecule has 1 unspecified atom stereocenters. The molecular weight excluding hydrogens is 769 g/mol. The van der Waals surface area contributed by atoms with Crippen LogP contribution in [-0.2, 0) is 28.6 Å². The molecule has 6 nitrogen and oxygen atoms in total. The Hall–Kier alpha value is -2.89. The molecule has 62 heavy (non-hydrogen) atoms. The third kappa shape index (κ3) is 48.1. The first-order chi connectivity index (χ1) is 30.5. The first kappa shape index (κ1) is 59.1. The number of ether oxygens (including phenoxy) is 3. The fraction of sp³-hybridized carbons (Fsp3) is 0.768. The molecule has 0 aromatic carbocycles. The molecule has 0 saturated heterocycles. The Morgan fingerprint density at radius 1 is 0.355 bits per heavy atom. The highest BCUT2D eigenvalue weighted by atomic mass is 16.6. The highest BCUT2D eigenvalue weighted by molar-refractivity contribution is 5.71. The van der Waals surface area contributed by atoms with Crippen LogP contribution in [0.25, 0.3) is 0 Å². The summed E-state index contributed by atoms with van der Waals surface area (Å²) in [7, 11) is 0. The van der Waals surface area contributed by atoms with Crippen LogP contribution >= 0.6 is 0 Å². The topological polar surface area (TPSA) is 78.9 Å². The molecule has 0 heterocycles. The molecule has 0 saturated carbocycles. The monoisotopic (exact) mass is 867 g/mol. The molecule has 0 aromatic rings. The summed E-state index contributed by atoms with van der Waals surface area (Å²) in [5.41, 5.74) is 0. The summed E-state index contributed by atoms with van der Waals surface area (Å²) < 4.78 is 16.8. The molecule has 358 valence electrons. The van der Waals surface area contributed by atoms with Crippen molar-refractivity contribution in [2.45, 2.75) is 264 Å². The molecule has 0 bridgehead atoms. The van der Waals surface area contributed by atoms with E-state index in [2.05, 4.69) is 81.5 Å². The summed E-state index contributed by atoms with van der Waals surface area (Å²) in [4.78, 5) is 38.0. The molecule has 0 rings (SSSR count). The molecule has 0 N–H and O–H groups in total. The highest BCUT2D eigenvalue weighted by Crippen LogP contribution is 2.14. The van der Waals surface area contributed by atoms with Gasteiger partial charge in [0.15, 0.2) is 6.10 Å². The second kappa shape index (κ2) is 50.8. The van der Waals surface area contributed by atoms with Gasteiger partial charge in [0.1, 0.15) is 13.2 Å². The molecule has 0 spiro atoms. The third-order valence-corrected chi connectivity index (χ3v) is 11.3. The van der Waals surface area contributed by atoms with Gasteiger partial charge in [-0.25, -0.2) is 0 Å². The quantitative estimate of drug-likeness (QED) is 0.0199. The number of carbonyl (C=O) groups excluding carboxylic acids is 3. The molecule has 0 radical (unpaired) electrons. The van der Waals surface area contributed by atoms with Crippen molar-refractivity contribution in [2.75, 3.05) is 13.2 Å². The minimum absolute atomic E-state index is 0.0927. The molecule has 1 atom stereocenters. The Bertz CT molecular complexity index is 1130. The van der Waals surface area contributed by atoms with Crippen LogP contribution in [-0.4, -0.2) is 37.2 Å². The van der Waals surface area contributed by atoms with Crippen LogP contribution in [0.3, 0.4) is 0 Å². The lowest BCUT2D eigenvalue weighted by molar-refractivity contribution is -0.167. The summed E-state index contributed by atoms with van der Waals surface area (Å²) in [5.74, 6) is -0.933. The fourth-order valence-corrected chi connectivity index (χ4v) is 7.29. The van der Waals surface area contributed by atoms with E-state index in [0.29, 0.717) is 19.3 Å². The van der Waals surface area contributed by atoms with Gasteiger partial charge >= 0.3 is 17.9 Å². The van der Waals surface area contributed by atoms with E-state index in [1.54, 1.807) is 0 Å². The summed E-state index contributed by atoms with van der Waals surface area (Å²) in [6.45, 7) is 6.49. The average Bonchev–Trinajstić information content (AvgIpc) is 3.27. The van der Waals surface area contributed by atoms with Gasteiger partial charge in [0.05, 0.1) is 0 Å². The van der Waals surface area contributed by atoms with Crippen LogP contribution in [0.2, 0.25) is 0 Å². The van der Waals surface area contributed by atoms with Crippen molar-refractivity contribution in [3.63, 3.8) is 0 Å². The van der Waals surface area contributed by atoms with Crippen molar-refractivity contribution >= 4 is 17.9 Å². The van der Waals surface area contributed by atoms with Crippen LogP contribution in [0, 0.1) is 0 Å². The normalized spacial score (nSPS) is 12.5. The zero-order valence-electron chi connectivity index (χ0n) is 40.9. The third-order valence-electron chi connectivity index (χ3n) is 11.3. The van der Waals surface area contributed by atoms with Gasteiger partial charge in [-0.1, -0.05) is 204 Å². The molecule has 0 fully saturated rings. The SMILES string of the molecule is CC/C=C\C/C=C\CCCCCCCC(=O)OCC(COC(=O)CCCCCCC/C=C\C=C/CCCCCCCCC)OC(=O)CCCCC/C=C\CCCCCCCCC. The smallest absolute Gasteiger partial charge is 0.306 e. The maximum absolute atomic E-state index is 12.8. The van der Waals surface area contributed by atoms with E-state index < -0.39 is 6.10 Å². The largest absolute Gasteiger partial charge is 0.462 e. The number of hydrogen-bond acceptors (Lipinski definition) is 6. The molecule has 0 aliphatic rings. The van der Waals surface area contributed by atoms with Crippen molar-refractivity contribution in [2.24, 2.45) is 0 Å². The van der Waals surface area contributed by atoms with Crippen molar-refractivity contribution in [1.82, 2.24) is 0 Å². The predicted octanol–water partition coefficient (Wildman–Crippen LogP) is 17.3.